The number of aromatic nitrogens is 1. The van der Waals surface area contributed by atoms with Gasteiger partial charge in [-0.3, -0.25) is 0 Å². The van der Waals surface area contributed by atoms with E-state index in [1.165, 1.54) is 17.0 Å². The molecule has 31 heavy (non-hydrogen) atoms. The van der Waals surface area contributed by atoms with Crippen molar-refractivity contribution >= 4 is 16.9 Å². The molecule has 2 unspecified atom stereocenters. The van der Waals surface area contributed by atoms with Gasteiger partial charge in [0.15, 0.2) is 5.60 Å². The van der Waals surface area contributed by atoms with Crippen LogP contribution >= 0.6 is 0 Å². The van der Waals surface area contributed by atoms with Gasteiger partial charge < -0.3 is 14.2 Å². The van der Waals surface area contributed by atoms with Crippen LogP contribution in [0, 0.1) is 12.8 Å². The first-order chi connectivity index (χ1) is 14.8. The lowest BCUT2D eigenvalue weighted by atomic mass is 9.72. The lowest BCUT2D eigenvalue weighted by molar-refractivity contribution is -0.145. The first kappa shape index (κ1) is 19.9. The Balaban J connectivity index is 1.89. The molecule has 2 atom stereocenters. The van der Waals surface area contributed by atoms with Crippen LogP contribution in [0.2, 0.25) is 0 Å². The number of esters is 1. The molecule has 2 aromatic rings. The molecule has 0 saturated heterocycles. The maximum atomic E-state index is 13.1. The summed E-state index contributed by atoms with van der Waals surface area (Å²) in [5.41, 5.74) is 7.93. The maximum Gasteiger partial charge on any atom is 0.335 e. The second-order valence-corrected chi connectivity index (χ2v) is 9.07. The Morgan fingerprint density at radius 2 is 1.84 bits per heavy atom. The highest BCUT2D eigenvalue weighted by Crippen LogP contribution is 2.57. The van der Waals surface area contributed by atoms with Gasteiger partial charge in [-0.2, -0.15) is 0 Å². The number of carbonyl (C=O) groups excluding carboxylic acids is 1. The summed E-state index contributed by atoms with van der Waals surface area (Å²) in [4.78, 5) is 15.3. The van der Waals surface area contributed by atoms with E-state index in [0.717, 1.165) is 46.1 Å². The van der Waals surface area contributed by atoms with Gasteiger partial charge in [0.1, 0.15) is 0 Å². The molecule has 0 bridgehead atoms. The minimum absolute atomic E-state index is 0.211. The fourth-order valence-electron chi connectivity index (χ4n) is 5.86. The predicted octanol–water partition coefficient (Wildman–Crippen LogP) is 5.64. The number of cyclic esters (lactones) is 1. The third-order valence-electron chi connectivity index (χ3n) is 7.78. The second-order valence-electron chi connectivity index (χ2n) is 9.07. The highest BCUT2D eigenvalue weighted by molar-refractivity contribution is 5.96. The van der Waals surface area contributed by atoms with E-state index in [1.807, 2.05) is 6.92 Å². The van der Waals surface area contributed by atoms with Crippen LogP contribution in [0.5, 0.6) is 0 Å². The third kappa shape index (κ3) is 2.45. The molecule has 0 fully saturated rings. The van der Waals surface area contributed by atoms with Crippen LogP contribution in [-0.4, -0.2) is 22.5 Å². The Kier molecular flexibility index (Phi) is 4.34. The molecule has 5 rings (SSSR count). The first-order valence-corrected chi connectivity index (χ1v) is 11.1. The average molecular weight is 415 g/mol. The molecule has 3 heterocycles. The van der Waals surface area contributed by atoms with Crippen molar-refractivity contribution in [2.24, 2.45) is 13.0 Å². The number of fused-ring (bicyclic) bond motifs is 2. The average Bonchev–Trinajstić information content (AvgIpc) is 3.13. The quantitative estimate of drug-likeness (QED) is 0.596. The molecule has 0 amide bonds. The summed E-state index contributed by atoms with van der Waals surface area (Å²) in [5, 5.41) is 1.15. The van der Waals surface area contributed by atoms with Crippen molar-refractivity contribution in [1.82, 2.24) is 9.47 Å². The van der Waals surface area contributed by atoms with Gasteiger partial charge in [0.05, 0.1) is 0 Å². The molecule has 0 saturated carbocycles. The highest BCUT2D eigenvalue weighted by atomic mass is 16.6. The number of benzene rings is 1. The monoisotopic (exact) mass is 414 g/mol. The SMILES string of the molecule is CC1=C(C)C(C2=C(C)N(C)C3=CC=CCCC32)(c2c(C)n(C)c3ccccc23)OC1=O. The summed E-state index contributed by atoms with van der Waals surface area (Å²) >= 11 is 0. The van der Waals surface area contributed by atoms with Gasteiger partial charge in [-0.25, -0.2) is 4.79 Å². The second kappa shape index (κ2) is 6.74. The Morgan fingerprint density at radius 3 is 2.55 bits per heavy atom. The summed E-state index contributed by atoms with van der Waals surface area (Å²) in [6.45, 7) is 8.30. The molecule has 4 heteroatoms. The molecular formula is C27H30N2O2. The van der Waals surface area contributed by atoms with E-state index in [0.29, 0.717) is 0 Å². The zero-order chi connectivity index (χ0) is 22.1. The van der Waals surface area contributed by atoms with Crippen LogP contribution in [0.4, 0.5) is 0 Å². The van der Waals surface area contributed by atoms with Gasteiger partial charge in [0.25, 0.3) is 0 Å². The zero-order valence-electron chi connectivity index (χ0n) is 19.2. The lowest BCUT2D eigenvalue weighted by Crippen LogP contribution is -2.35. The number of hydrogen-bond donors (Lipinski definition) is 0. The number of hydrogen-bond acceptors (Lipinski definition) is 3. The molecule has 4 nitrogen and oxygen atoms in total. The highest BCUT2D eigenvalue weighted by Gasteiger charge is 2.56. The van der Waals surface area contributed by atoms with Crippen LogP contribution < -0.4 is 0 Å². The molecule has 160 valence electrons. The Bertz CT molecular complexity index is 1250. The minimum Gasteiger partial charge on any atom is -0.441 e. The first-order valence-electron chi connectivity index (χ1n) is 11.1. The van der Waals surface area contributed by atoms with Crippen molar-refractivity contribution < 1.29 is 9.53 Å². The number of allylic oxidation sites excluding steroid dienone is 5. The summed E-state index contributed by atoms with van der Waals surface area (Å²) < 4.78 is 8.72. The lowest BCUT2D eigenvalue weighted by Gasteiger charge is -2.35. The van der Waals surface area contributed by atoms with Crippen molar-refractivity contribution in [3.05, 3.63) is 81.9 Å². The molecule has 2 aliphatic heterocycles. The molecule has 1 aromatic heterocycles. The summed E-state index contributed by atoms with van der Waals surface area (Å²) in [7, 11) is 4.23. The normalized spacial score (nSPS) is 26.0. The van der Waals surface area contributed by atoms with Crippen molar-refractivity contribution in [3.8, 4) is 0 Å². The zero-order valence-corrected chi connectivity index (χ0v) is 19.2. The number of aryl methyl sites for hydroxylation is 1. The third-order valence-corrected chi connectivity index (χ3v) is 7.78. The van der Waals surface area contributed by atoms with Gasteiger partial charge in [0.2, 0.25) is 0 Å². The smallest absolute Gasteiger partial charge is 0.335 e. The van der Waals surface area contributed by atoms with Gasteiger partial charge in [-0.05, 0) is 58.3 Å². The van der Waals surface area contributed by atoms with Gasteiger partial charge >= 0.3 is 5.97 Å². The van der Waals surface area contributed by atoms with Crippen LogP contribution in [0.15, 0.2) is 70.6 Å². The van der Waals surface area contributed by atoms with Crippen molar-refractivity contribution in [3.63, 3.8) is 0 Å². The van der Waals surface area contributed by atoms with Crippen LogP contribution in [0.3, 0.4) is 0 Å². The number of nitrogens with zero attached hydrogens (tertiary/aromatic N) is 2. The van der Waals surface area contributed by atoms with E-state index < -0.39 is 5.60 Å². The van der Waals surface area contributed by atoms with E-state index in [-0.39, 0.29) is 11.9 Å². The van der Waals surface area contributed by atoms with Crippen LogP contribution in [0.25, 0.3) is 10.9 Å². The largest absolute Gasteiger partial charge is 0.441 e. The van der Waals surface area contributed by atoms with E-state index in [1.54, 1.807) is 0 Å². The number of rotatable bonds is 2. The van der Waals surface area contributed by atoms with Crippen molar-refractivity contribution in [2.75, 3.05) is 7.05 Å². The van der Waals surface area contributed by atoms with Gasteiger partial charge in [-0.1, -0.05) is 30.4 Å². The number of para-hydroxylation sites is 1. The maximum absolute atomic E-state index is 13.1. The molecule has 1 aliphatic carbocycles. The van der Waals surface area contributed by atoms with E-state index in [9.17, 15) is 4.79 Å². The Morgan fingerprint density at radius 1 is 1.10 bits per heavy atom. The number of carbonyl (C=O) groups is 1. The summed E-state index contributed by atoms with van der Waals surface area (Å²) in [5.74, 6) is 0.00369. The standard InChI is InChI=1S/C27H30N2O2/c1-16-17(2)27(31-26(16)30,25-19(4)29(6)23-15-11-10-13-21(23)25)24-18(3)28(5)22-14-9-7-8-12-20(22)24/h7,9-11,13-15,20H,8,12H2,1-6H3. The van der Waals surface area contributed by atoms with Gasteiger partial charge in [0, 0.05) is 64.7 Å². The fraction of sp³-hybridized carbons (Fsp3) is 0.370. The number of ether oxygens (including phenoxy) is 1. The van der Waals surface area contributed by atoms with Crippen molar-refractivity contribution in [1.29, 1.82) is 0 Å². The van der Waals surface area contributed by atoms with E-state index in [4.69, 9.17) is 4.74 Å². The Hall–Kier alpha value is -3.01. The van der Waals surface area contributed by atoms with E-state index >= 15 is 0 Å². The van der Waals surface area contributed by atoms with Crippen LogP contribution in [-0.2, 0) is 22.2 Å². The molecule has 0 spiro atoms. The molecule has 0 N–H and O–H groups in total. The molecular weight excluding hydrogens is 384 g/mol. The van der Waals surface area contributed by atoms with Gasteiger partial charge in [-0.15, -0.1) is 0 Å². The van der Waals surface area contributed by atoms with Crippen LogP contribution in [0.1, 0.15) is 44.9 Å². The minimum atomic E-state index is -0.880. The summed E-state index contributed by atoms with van der Waals surface area (Å²) in [6, 6.07) is 8.45. The Labute approximate surface area is 184 Å². The predicted molar refractivity (Wildman–Crippen MR) is 124 cm³/mol. The van der Waals surface area contributed by atoms with Crippen molar-refractivity contribution in [2.45, 2.75) is 46.1 Å². The molecule has 0 radical (unpaired) electrons. The topological polar surface area (TPSA) is 34.5 Å². The molecule has 3 aliphatic rings. The summed E-state index contributed by atoms with van der Waals surface area (Å²) in [6.07, 6.45) is 8.63. The fourth-order valence-corrected chi connectivity index (χ4v) is 5.86. The van der Waals surface area contributed by atoms with E-state index in [2.05, 4.69) is 86.8 Å². The molecule has 1 aromatic carbocycles.